The Morgan fingerprint density at radius 2 is 2.18 bits per heavy atom. The first-order valence-electron chi connectivity index (χ1n) is 6.01. The number of likely N-dealkylation sites (tertiary alicyclic amines) is 1. The lowest BCUT2D eigenvalue weighted by Crippen LogP contribution is -2.48. The van der Waals surface area contributed by atoms with Gasteiger partial charge < -0.3 is 20.0 Å². The third kappa shape index (κ3) is 3.33. The maximum Gasteiger partial charge on any atom is 0.326 e. The molecule has 1 atom stereocenters. The van der Waals surface area contributed by atoms with E-state index in [9.17, 15) is 9.59 Å². The molecule has 0 aromatic rings. The SMILES string of the molecule is CCN(CCCO)C(=O)N1CCC[C@@H]1C(=O)O. The van der Waals surface area contributed by atoms with Gasteiger partial charge >= 0.3 is 12.0 Å². The smallest absolute Gasteiger partial charge is 0.326 e. The Hall–Kier alpha value is -1.30. The number of aliphatic hydroxyl groups is 1. The van der Waals surface area contributed by atoms with E-state index in [0.717, 1.165) is 6.42 Å². The van der Waals surface area contributed by atoms with Crippen molar-refractivity contribution < 1.29 is 19.8 Å². The number of amides is 2. The zero-order valence-corrected chi connectivity index (χ0v) is 10.1. The molecule has 1 aliphatic rings. The molecule has 0 saturated carbocycles. The van der Waals surface area contributed by atoms with Gasteiger partial charge in [0.15, 0.2) is 0 Å². The van der Waals surface area contributed by atoms with Gasteiger partial charge in [-0.3, -0.25) is 0 Å². The van der Waals surface area contributed by atoms with Crippen LogP contribution in [0.5, 0.6) is 0 Å². The number of urea groups is 1. The summed E-state index contributed by atoms with van der Waals surface area (Å²) in [5.74, 6) is -0.936. The summed E-state index contributed by atoms with van der Waals surface area (Å²) in [6, 6.07) is -0.920. The minimum atomic E-state index is -0.936. The third-order valence-corrected chi connectivity index (χ3v) is 3.02. The Labute approximate surface area is 101 Å². The molecule has 98 valence electrons. The topological polar surface area (TPSA) is 81.1 Å². The molecule has 0 aliphatic carbocycles. The Balaban J connectivity index is 2.63. The normalized spacial score (nSPS) is 19.4. The molecule has 2 N–H and O–H groups in total. The first-order valence-corrected chi connectivity index (χ1v) is 6.01. The van der Waals surface area contributed by atoms with E-state index >= 15 is 0 Å². The summed E-state index contributed by atoms with van der Waals surface area (Å²) < 4.78 is 0. The second kappa shape index (κ2) is 6.44. The van der Waals surface area contributed by atoms with Gasteiger partial charge in [-0.25, -0.2) is 9.59 Å². The highest BCUT2D eigenvalue weighted by Crippen LogP contribution is 2.19. The quantitative estimate of drug-likeness (QED) is 0.731. The number of nitrogens with zero attached hydrogens (tertiary/aromatic N) is 2. The maximum absolute atomic E-state index is 12.1. The fourth-order valence-electron chi connectivity index (χ4n) is 2.08. The minimum Gasteiger partial charge on any atom is -0.480 e. The van der Waals surface area contributed by atoms with Gasteiger partial charge in [-0.15, -0.1) is 0 Å². The number of hydrogen-bond donors (Lipinski definition) is 2. The van der Waals surface area contributed by atoms with E-state index in [1.54, 1.807) is 4.90 Å². The molecular formula is C11H20N2O4. The number of carbonyl (C=O) groups is 2. The van der Waals surface area contributed by atoms with Gasteiger partial charge in [0.25, 0.3) is 0 Å². The van der Waals surface area contributed by atoms with E-state index in [-0.39, 0.29) is 12.6 Å². The van der Waals surface area contributed by atoms with Gasteiger partial charge in [-0.1, -0.05) is 0 Å². The van der Waals surface area contributed by atoms with Crippen molar-refractivity contribution in [2.45, 2.75) is 32.2 Å². The Bertz CT molecular complexity index is 283. The van der Waals surface area contributed by atoms with Crippen LogP contribution >= 0.6 is 0 Å². The molecule has 6 nitrogen and oxygen atoms in total. The molecule has 0 unspecified atom stereocenters. The number of carboxylic acid groups (broad SMARTS) is 1. The van der Waals surface area contributed by atoms with Crippen molar-refractivity contribution in [3.63, 3.8) is 0 Å². The van der Waals surface area contributed by atoms with Gasteiger partial charge in [0.05, 0.1) is 0 Å². The number of rotatable bonds is 5. The molecule has 1 fully saturated rings. The van der Waals surface area contributed by atoms with E-state index < -0.39 is 12.0 Å². The molecular weight excluding hydrogens is 224 g/mol. The number of carbonyl (C=O) groups excluding carboxylic acids is 1. The monoisotopic (exact) mass is 244 g/mol. The largest absolute Gasteiger partial charge is 0.480 e. The molecule has 0 bridgehead atoms. The van der Waals surface area contributed by atoms with E-state index in [4.69, 9.17) is 10.2 Å². The van der Waals surface area contributed by atoms with Crippen molar-refractivity contribution in [3.8, 4) is 0 Å². The highest BCUT2D eigenvalue weighted by Gasteiger charge is 2.35. The average molecular weight is 244 g/mol. The standard InChI is InChI=1S/C11H20N2O4/c1-2-12(6-4-8-14)11(17)13-7-3-5-9(13)10(15)16/h9,14H,2-8H2,1H3,(H,15,16)/t9-/m1/s1. The number of aliphatic carboxylic acids is 1. The highest BCUT2D eigenvalue weighted by atomic mass is 16.4. The van der Waals surface area contributed by atoms with Crippen LogP contribution in [0, 0.1) is 0 Å². The molecule has 17 heavy (non-hydrogen) atoms. The van der Waals surface area contributed by atoms with Crippen LogP contribution < -0.4 is 0 Å². The molecule has 1 heterocycles. The van der Waals surface area contributed by atoms with Gasteiger partial charge in [-0.05, 0) is 26.2 Å². The van der Waals surface area contributed by atoms with Crippen LogP contribution in [-0.2, 0) is 4.79 Å². The fraction of sp³-hybridized carbons (Fsp3) is 0.818. The first-order chi connectivity index (χ1) is 8.11. The molecule has 0 spiro atoms. The predicted molar refractivity (Wildman–Crippen MR) is 61.7 cm³/mol. The summed E-state index contributed by atoms with van der Waals surface area (Å²) in [4.78, 5) is 26.1. The summed E-state index contributed by atoms with van der Waals surface area (Å²) in [6.45, 7) is 3.38. The zero-order chi connectivity index (χ0) is 12.8. The van der Waals surface area contributed by atoms with E-state index in [0.29, 0.717) is 32.5 Å². The summed E-state index contributed by atoms with van der Waals surface area (Å²) in [5.41, 5.74) is 0. The van der Waals surface area contributed by atoms with Crippen LogP contribution in [0.25, 0.3) is 0 Å². The van der Waals surface area contributed by atoms with Gasteiger partial charge in [0, 0.05) is 26.2 Å². The summed E-state index contributed by atoms with van der Waals surface area (Å²) >= 11 is 0. The predicted octanol–water partition coefficient (Wildman–Crippen LogP) is 0.360. The van der Waals surface area contributed by atoms with Crippen LogP contribution in [0.15, 0.2) is 0 Å². The highest BCUT2D eigenvalue weighted by molar-refractivity contribution is 5.83. The van der Waals surface area contributed by atoms with Crippen LogP contribution in [0.3, 0.4) is 0 Å². The van der Waals surface area contributed by atoms with Crippen molar-refractivity contribution in [3.05, 3.63) is 0 Å². The minimum absolute atomic E-state index is 0.0339. The van der Waals surface area contributed by atoms with Crippen LogP contribution in [0.2, 0.25) is 0 Å². The summed E-state index contributed by atoms with van der Waals surface area (Å²) in [6.07, 6.45) is 1.78. The molecule has 6 heteroatoms. The van der Waals surface area contributed by atoms with Crippen molar-refractivity contribution in [2.75, 3.05) is 26.2 Å². The second-order valence-electron chi connectivity index (χ2n) is 4.13. The van der Waals surface area contributed by atoms with Crippen molar-refractivity contribution in [1.29, 1.82) is 0 Å². The zero-order valence-electron chi connectivity index (χ0n) is 10.1. The molecule has 0 aromatic carbocycles. The Morgan fingerprint density at radius 1 is 1.47 bits per heavy atom. The van der Waals surface area contributed by atoms with Crippen molar-refractivity contribution in [1.82, 2.24) is 9.80 Å². The lowest BCUT2D eigenvalue weighted by atomic mass is 10.2. The molecule has 1 saturated heterocycles. The van der Waals surface area contributed by atoms with Gasteiger partial charge in [0.2, 0.25) is 0 Å². The first kappa shape index (κ1) is 13.8. The van der Waals surface area contributed by atoms with Crippen molar-refractivity contribution in [2.24, 2.45) is 0 Å². The Morgan fingerprint density at radius 3 is 2.71 bits per heavy atom. The van der Waals surface area contributed by atoms with E-state index in [2.05, 4.69) is 0 Å². The molecule has 0 aromatic heterocycles. The summed E-state index contributed by atoms with van der Waals surface area (Å²) in [5, 5.41) is 17.8. The molecule has 1 aliphatic heterocycles. The number of carboxylic acids is 1. The van der Waals surface area contributed by atoms with Crippen LogP contribution in [0.4, 0.5) is 4.79 Å². The summed E-state index contributed by atoms with van der Waals surface area (Å²) in [7, 11) is 0. The lowest BCUT2D eigenvalue weighted by Gasteiger charge is -2.29. The van der Waals surface area contributed by atoms with Gasteiger partial charge in [-0.2, -0.15) is 0 Å². The Kier molecular flexibility index (Phi) is 5.21. The van der Waals surface area contributed by atoms with Crippen LogP contribution in [0.1, 0.15) is 26.2 Å². The molecule has 2 amide bonds. The maximum atomic E-state index is 12.1. The van der Waals surface area contributed by atoms with Crippen molar-refractivity contribution >= 4 is 12.0 Å². The van der Waals surface area contributed by atoms with E-state index in [1.807, 2.05) is 6.92 Å². The fourth-order valence-corrected chi connectivity index (χ4v) is 2.08. The third-order valence-electron chi connectivity index (χ3n) is 3.02. The second-order valence-corrected chi connectivity index (χ2v) is 4.13. The number of aliphatic hydroxyl groups excluding tert-OH is 1. The van der Waals surface area contributed by atoms with E-state index in [1.165, 1.54) is 4.90 Å². The molecule has 0 radical (unpaired) electrons. The molecule has 1 rings (SSSR count). The van der Waals surface area contributed by atoms with Gasteiger partial charge in [0.1, 0.15) is 6.04 Å². The number of hydrogen-bond acceptors (Lipinski definition) is 3. The average Bonchev–Trinajstić information content (AvgIpc) is 2.78. The van der Waals surface area contributed by atoms with Crippen LogP contribution in [-0.4, -0.2) is 64.3 Å². The lowest BCUT2D eigenvalue weighted by molar-refractivity contribution is -0.141.